The highest BCUT2D eigenvalue weighted by Crippen LogP contribution is 2.71. The SMILES string of the molecule is c1ccc(C2CCC3C(C2)C2CC(c4cccc5c4sc4ccccc45)CC4C5CCCCC5C5CCCC3C5C42)cc1. The summed E-state index contributed by atoms with van der Waals surface area (Å²) >= 11 is 2.09. The van der Waals surface area contributed by atoms with Crippen LogP contribution in [0.3, 0.4) is 0 Å². The number of hydrogen-bond donors (Lipinski definition) is 0. The summed E-state index contributed by atoms with van der Waals surface area (Å²) in [5, 5.41) is 3.00. The fourth-order valence-electron chi connectivity index (χ4n) is 13.6. The second-order valence-electron chi connectivity index (χ2n) is 16.1. The molecule has 43 heavy (non-hydrogen) atoms. The quantitative estimate of drug-likeness (QED) is 0.220. The Morgan fingerprint density at radius 3 is 1.91 bits per heavy atom. The molecule has 0 nitrogen and oxygen atoms in total. The minimum atomic E-state index is 0.750. The molecule has 0 aliphatic heterocycles. The number of thiophene rings is 1. The fraction of sp³-hybridized carbons (Fsp3) is 0.571. The van der Waals surface area contributed by atoms with Crippen molar-refractivity contribution in [2.24, 2.45) is 59.2 Å². The molecule has 6 aliphatic rings. The van der Waals surface area contributed by atoms with Crippen molar-refractivity contribution in [3.8, 4) is 0 Å². The summed E-state index contributed by atoms with van der Waals surface area (Å²) in [5.41, 5.74) is 3.36. The fourth-order valence-corrected chi connectivity index (χ4v) is 14.9. The molecule has 1 aromatic heterocycles. The van der Waals surface area contributed by atoms with Crippen molar-refractivity contribution in [3.05, 3.63) is 83.9 Å². The Hall–Kier alpha value is -2.12. The van der Waals surface area contributed by atoms with Gasteiger partial charge in [0.2, 0.25) is 0 Å². The van der Waals surface area contributed by atoms with E-state index < -0.39 is 0 Å². The van der Waals surface area contributed by atoms with Gasteiger partial charge in [-0.1, -0.05) is 86.0 Å². The van der Waals surface area contributed by atoms with Crippen LogP contribution in [0.5, 0.6) is 0 Å². The number of hydrogen-bond acceptors (Lipinski definition) is 1. The first-order chi connectivity index (χ1) is 21.3. The third-order valence-corrected chi connectivity index (χ3v) is 16.0. The van der Waals surface area contributed by atoms with Gasteiger partial charge < -0.3 is 0 Å². The number of fused-ring (bicyclic) bond motifs is 9. The highest BCUT2D eigenvalue weighted by molar-refractivity contribution is 7.26. The Morgan fingerprint density at radius 1 is 0.442 bits per heavy atom. The largest absolute Gasteiger partial charge is 0.135 e. The summed E-state index contributed by atoms with van der Waals surface area (Å²) in [6, 6.07) is 28.3. The molecule has 1 heterocycles. The van der Waals surface area contributed by atoms with E-state index in [0.29, 0.717) is 0 Å². The molecule has 6 aliphatic carbocycles. The molecule has 6 fully saturated rings. The van der Waals surface area contributed by atoms with E-state index in [1.807, 2.05) is 0 Å². The highest BCUT2D eigenvalue weighted by Gasteiger charge is 2.63. The lowest BCUT2D eigenvalue weighted by Gasteiger charge is -2.68. The molecule has 222 valence electrons. The van der Waals surface area contributed by atoms with Crippen LogP contribution >= 0.6 is 11.3 Å². The zero-order chi connectivity index (χ0) is 28.1. The van der Waals surface area contributed by atoms with Gasteiger partial charge in [0.05, 0.1) is 0 Å². The zero-order valence-corrected chi connectivity index (χ0v) is 26.6. The van der Waals surface area contributed by atoms with Crippen LogP contribution in [0.2, 0.25) is 0 Å². The molecule has 0 spiro atoms. The van der Waals surface area contributed by atoms with Crippen LogP contribution in [0.25, 0.3) is 20.2 Å². The van der Waals surface area contributed by atoms with Gasteiger partial charge in [-0.3, -0.25) is 0 Å². The molecular formula is C42H48S. The van der Waals surface area contributed by atoms with Crippen LogP contribution < -0.4 is 0 Å². The molecule has 0 bridgehead atoms. The van der Waals surface area contributed by atoms with Crippen LogP contribution in [0.1, 0.15) is 100 Å². The normalized spacial score (nSPS) is 41.8. The monoisotopic (exact) mass is 584 g/mol. The Balaban J connectivity index is 1.10. The van der Waals surface area contributed by atoms with Crippen molar-refractivity contribution in [2.45, 2.75) is 88.9 Å². The first-order valence-electron chi connectivity index (χ1n) is 18.3. The van der Waals surface area contributed by atoms with Crippen LogP contribution in [0.15, 0.2) is 72.8 Å². The first kappa shape index (κ1) is 26.1. The Labute approximate surface area is 262 Å². The van der Waals surface area contributed by atoms with E-state index in [4.69, 9.17) is 0 Å². The van der Waals surface area contributed by atoms with Crippen molar-refractivity contribution < 1.29 is 0 Å². The molecule has 0 N–H and O–H groups in total. The van der Waals surface area contributed by atoms with Crippen LogP contribution in [0, 0.1) is 59.2 Å². The molecule has 0 saturated heterocycles. The van der Waals surface area contributed by atoms with E-state index in [2.05, 4.69) is 84.1 Å². The molecule has 6 saturated carbocycles. The van der Waals surface area contributed by atoms with E-state index in [1.165, 1.54) is 60.4 Å². The second kappa shape index (κ2) is 10.2. The molecule has 4 aromatic rings. The predicted octanol–water partition coefficient (Wildman–Crippen LogP) is 11.8. The third-order valence-electron chi connectivity index (χ3n) is 14.8. The van der Waals surface area contributed by atoms with Gasteiger partial charge in [-0.15, -0.1) is 11.3 Å². The maximum absolute atomic E-state index is 2.57. The molecule has 0 radical (unpaired) electrons. The number of benzene rings is 3. The summed E-state index contributed by atoms with van der Waals surface area (Å²) < 4.78 is 3.10. The zero-order valence-electron chi connectivity index (χ0n) is 25.7. The van der Waals surface area contributed by atoms with Crippen LogP contribution in [0.4, 0.5) is 0 Å². The van der Waals surface area contributed by atoms with Crippen molar-refractivity contribution in [3.63, 3.8) is 0 Å². The van der Waals surface area contributed by atoms with Gasteiger partial charge in [-0.05, 0) is 146 Å². The molecule has 12 unspecified atom stereocenters. The van der Waals surface area contributed by atoms with E-state index in [0.717, 1.165) is 71.0 Å². The minimum absolute atomic E-state index is 0.750. The summed E-state index contributed by atoms with van der Waals surface area (Å²) in [7, 11) is 0. The van der Waals surface area contributed by atoms with E-state index in [9.17, 15) is 0 Å². The standard InChI is InChI=1S/C42H48S/c1-2-10-25(11-3-1)26-20-21-31-34-17-9-16-33-29-12-4-5-13-30(29)37-23-27(24-38(36(31)22-26)41(37)40(33)34)28-15-8-18-35-32-14-6-7-19-39(32)43-42(28)35/h1-3,6-8,10-11,14-15,18-19,26-27,29-31,33-34,36-38,40-41H,4-5,9,12-13,16-17,20-24H2. The van der Waals surface area contributed by atoms with Crippen molar-refractivity contribution in [1.29, 1.82) is 0 Å². The van der Waals surface area contributed by atoms with Crippen molar-refractivity contribution in [2.75, 3.05) is 0 Å². The smallest absolute Gasteiger partial charge is 0.0390 e. The third kappa shape index (κ3) is 3.92. The average molecular weight is 585 g/mol. The van der Waals surface area contributed by atoms with Crippen molar-refractivity contribution >= 4 is 31.5 Å². The molecule has 1 heteroatoms. The Morgan fingerprint density at radius 2 is 1.07 bits per heavy atom. The maximum atomic E-state index is 2.57. The lowest BCUT2D eigenvalue weighted by atomic mass is 9.37. The van der Waals surface area contributed by atoms with Gasteiger partial charge in [0, 0.05) is 20.2 Å². The molecule has 3 aromatic carbocycles. The first-order valence-corrected chi connectivity index (χ1v) is 19.1. The van der Waals surface area contributed by atoms with Gasteiger partial charge in [-0.2, -0.15) is 0 Å². The van der Waals surface area contributed by atoms with Crippen LogP contribution in [-0.2, 0) is 0 Å². The number of rotatable bonds is 2. The highest BCUT2D eigenvalue weighted by atomic mass is 32.1. The van der Waals surface area contributed by atoms with E-state index in [1.54, 1.807) is 47.9 Å². The Kier molecular flexibility index (Phi) is 6.20. The average Bonchev–Trinajstić information content (AvgIpc) is 3.47. The Bertz CT molecular complexity index is 1630. The second-order valence-corrected chi connectivity index (χ2v) is 17.1. The molecule has 0 amide bonds. The topological polar surface area (TPSA) is 0 Å². The minimum Gasteiger partial charge on any atom is -0.135 e. The van der Waals surface area contributed by atoms with E-state index >= 15 is 0 Å². The van der Waals surface area contributed by atoms with Crippen molar-refractivity contribution in [1.82, 2.24) is 0 Å². The summed E-state index contributed by atoms with van der Waals surface area (Å²) in [6.45, 7) is 0. The summed E-state index contributed by atoms with van der Waals surface area (Å²) in [5.74, 6) is 11.7. The molecular weight excluding hydrogens is 537 g/mol. The van der Waals surface area contributed by atoms with Crippen LogP contribution in [-0.4, -0.2) is 0 Å². The van der Waals surface area contributed by atoms with Gasteiger partial charge in [0.25, 0.3) is 0 Å². The van der Waals surface area contributed by atoms with E-state index in [-0.39, 0.29) is 0 Å². The lowest BCUT2D eigenvalue weighted by molar-refractivity contribution is -0.190. The maximum Gasteiger partial charge on any atom is 0.0390 e. The van der Waals surface area contributed by atoms with Gasteiger partial charge in [-0.25, -0.2) is 0 Å². The van der Waals surface area contributed by atoms with Gasteiger partial charge >= 0.3 is 0 Å². The summed E-state index contributed by atoms with van der Waals surface area (Å²) in [6.07, 6.45) is 18.2. The molecule has 12 atom stereocenters. The lowest BCUT2D eigenvalue weighted by Crippen LogP contribution is -2.62. The summed E-state index contributed by atoms with van der Waals surface area (Å²) in [4.78, 5) is 0. The van der Waals surface area contributed by atoms with Gasteiger partial charge in [0.1, 0.15) is 0 Å². The predicted molar refractivity (Wildman–Crippen MR) is 182 cm³/mol. The van der Waals surface area contributed by atoms with Gasteiger partial charge in [0.15, 0.2) is 0 Å². The molecule has 10 rings (SSSR count).